The molecule has 0 amide bonds. The molecule has 3 rings (SSSR count). The first-order valence-electron chi connectivity index (χ1n) is 5.22. The number of rotatable bonds is 1. The van der Waals surface area contributed by atoms with E-state index in [0.29, 0.717) is 0 Å². The van der Waals surface area contributed by atoms with Crippen molar-refractivity contribution >= 4 is 5.65 Å². The van der Waals surface area contributed by atoms with E-state index in [9.17, 15) is 0 Å². The Labute approximate surface area is 93.4 Å². The van der Waals surface area contributed by atoms with Crippen LogP contribution in [0.2, 0.25) is 0 Å². The van der Waals surface area contributed by atoms with Gasteiger partial charge in [0.05, 0.1) is 0 Å². The average Bonchev–Trinajstić information content (AvgIpc) is 2.76. The first-order valence-corrected chi connectivity index (χ1v) is 5.22. The summed E-state index contributed by atoms with van der Waals surface area (Å²) in [6.07, 6.45) is 0. The van der Waals surface area contributed by atoms with Crippen LogP contribution in [0.25, 0.3) is 17.0 Å². The first-order chi connectivity index (χ1) is 7.84. The molecule has 0 saturated carbocycles. The standard InChI is InChI=1S/C13H11N3/c1-10-6-5-9-12-14-13(15-16(10)12)11-7-3-2-4-8-11/h2-9H,1H3. The van der Waals surface area contributed by atoms with E-state index < -0.39 is 0 Å². The Morgan fingerprint density at radius 3 is 2.50 bits per heavy atom. The summed E-state index contributed by atoms with van der Waals surface area (Å²) >= 11 is 0. The maximum absolute atomic E-state index is 4.50. The quantitative estimate of drug-likeness (QED) is 0.616. The van der Waals surface area contributed by atoms with Crippen molar-refractivity contribution in [3.8, 4) is 11.4 Å². The second kappa shape index (κ2) is 3.45. The van der Waals surface area contributed by atoms with E-state index in [-0.39, 0.29) is 0 Å². The summed E-state index contributed by atoms with van der Waals surface area (Å²) in [6.45, 7) is 2.02. The third-order valence-corrected chi connectivity index (χ3v) is 2.58. The fourth-order valence-corrected chi connectivity index (χ4v) is 1.75. The third-order valence-electron chi connectivity index (χ3n) is 2.58. The van der Waals surface area contributed by atoms with E-state index in [0.717, 1.165) is 22.7 Å². The van der Waals surface area contributed by atoms with Crippen molar-refractivity contribution in [3.05, 3.63) is 54.2 Å². The first kappa shape index (κ1) is 9.09. The molecule has 2 aromatic heterocycles. The minimum absolute atomic E-state index is 0.773. The van der Waals surface area contributed by atoms with Crippen LogP contribution in [0.3, 0.4) is 0 Å². The molecule has 3 nitrogen and oxygen atoms in total. The molecule has 3 heteroatoms. The highest BCUT2D eigenvalue weighted by Crippen LogP contribution is 2.16. The zero-order chi connectivity index (χ0) is 11.0. The number of nitrogens with zero attached hydrogens (tertiary/aromatic N) is 3. The average molecular weight is 209 g/mol. The summed E-state index contributed by atoms with van der Waals surface area (Å²) in [5.41, 5.74) is 3.02. The molecule has 0 atom stereocenters. The van der Waals surface area contributed by atoms with Crippen LogP contribution in [0, 0.1) is 6.92 Å². The van der Waals surface area contributed by atoms with Crippen molar-refractivity contribution in [2.75, 3.05) is 0 Å². The van der Waals surface area contributed by atoms with Crippen LogP contribution in [-0.2, 0) is 0 Å². The van der Waals surface area contributed by atoms with Crippen molar-refractivity contribution in [2.45, 2.75) is 6.92 Å². The molecule has 0 unspecified atom stereocenters. The molecule has 1 aromatic carbocycles. The summed E-state index contributed by atoms with van der Waals surface area (Å²) in [5.74, 6) is 0.773. The number of benzene rings is 1. The van der Waals surface area contributed by atoms with Crippen LogP contribution in [-0.4, -0.2) is 14.6 Å². The Balaban J connectivity index is 2.23. The number of fused-ring (bicyclic) bond motifs is 1. The fraction of sp³-hybridized carbons (Fsp3) is 0.0769. The lowest BCUT2D eigenvalue weighted by Crippen LogP contribution is -1.91. The van der Waals surface area contributed by atoms with Gasteiger partial charge in [-0.05, 0) is 19.1 Å². The van der Waals surface area contributed by atoms with Crippen molar-refractivity contribution in [2.24, 2.45) is 0 Å². The predicted molar refractivity (Wildman–Crippen MR) is 63.2 cm³/mol. The molecule has 0 aliphatic carbocycles. The van der Waals surface area contributed by atoms with Crippen LogP contribution < -0.4 is 0 Å². The van der Waals surface area contributed by atoms with Crippen molar-refractivity contribution in [3.63, 3.8) is 0 Å². The maximum atomic E-state index is 4.50. The van der Waals surface area contributed by atoms with Crippen LogP contribution >= 0.6 is 0 Å². The minimum atomic E-state index is 0.773. The van der Waals surface area contributed by atoms with Gasteiger partial charge in [0.25, 0.3) is 0 Å². The van der Waals surface area contributed by atoms with Gasteiger partial charge < -0.3 is 0 Å². The van der Waals surface area contributed by atoms with Gasteiger partial charge in [0, 0.05) is 11.3 Å². The van der Waals surface area contributed by atoms with Gasteiger partial charge in [-0.15, -0.1) is 5.10 Å². The van der Waals surface area contributed by atoms with Crippen molar-refractivity contribution < 1.29 is 0 Å². The van der Waals surface area contributed by atoms with Crippen molar-refractivity contribution in [1.29, 1.82) is 0 Å². The van der Waals surface area contributed by atoms with Crippen LogP contribution in [0.1, 0.15) is 5.69 Å². The smallest absolute Gasteiger partial charge is 0.182 e. The summed E-state index contributed by atoms with van der Waals surface area (Å²) < 4.78 is 1.86. The Kier molecular flexibility index (Phi) is 1.96. The zero-order valence-corrected chi connectivity index (χ0v) is 8.96. The van der Waals surface area contributed by atoms with Gasteiger partial charge in [-0.1, -0.05) is 36.4 Å². The second-order valence-corrected chi connectivity index (χ2v) is 3.74. The monoisotopic (exact) mass is 209 g/mol. The largest absolute Gasteiger partial charge is 0.218 e. The van der Waals surface area contributed by atoms with Gasteiger partial charge >= 0.3 is 0 Å². The van der Waals surface area contributed by atoms with E-state index in [2.05, 4.69) is 10.1 Å². The molecule has 16 heavy (non-hydrogen) atoms. The minimum Gasteiger partial charge on any atom is -0.218 e. The fourth-order valence-electron chi connectivity index (χ4n) is 1.75. The lowest BCUT2D eigenvalue weighted by Gasteiger charge is -1.94. The Bertz CT molecular complexity index is 626. The van der Waals surface area contributed by atoms with E-state index in [1.165, 1.54) is 0 Å². The predicted octanol–water partition coefficient (Wildman–Crippen LogP) is 2.70. The molecule has 0 spiro atoms. The number of hydrogen-bond donors (Lipinski definition) is 0. The van der Waals surface area contributed by atoms with E-state index in [1.54, 1.807) is 0 Å². The van der Waals surface area contributed by atoms with Gasteiger partial charge in [0.15, 0.2) is 11.5 Å². The lowest BCUT2D eigenvalue weighted by molar-refractivity contribution is 0.918. The molecule has 0 aliphatic heterocycles. The Morgan fingerprint density at radius 1 is 0.938 bits per heavy atom. The molecule has 2 heterocycles. The van der Waals surface area contributed by atoms with E-state index >= 15 is 0 Å². The zero-order valence-electron chi connectivity index (χ0n) is 8.96. The van der Waals surface area contributed by atoms with Gasteiger partial charge in [0.2, 0.25) is 0 Å². The summed E-state index contributed by atoms with van der Waals surface area (Å²) in [4.78, 5) is 4.50. The van der Waals surface area contributed by atoms with E-state index in [1.807, 2.05) is 60.0 Å². The van der Waals surface area contributed by atoms with Gasteiger partial charge in [-0.2, -0.15) is 0 Å². The lowest BCUT2D eigenvalue weighted by atomic mass is 10.2. The molecular formula is C13H11N3. The molecule has 0 N–H and O–H groups in total. The highest BCUT2D eigenvalue weighted by Gasteiger charge is 2.05. The molecule has 0 aliphatic rings. The SMILES string of the molecule is Cc1cccc2nc(-c3ccccc3)nn12. The molecule has 0 saturated heterocycles. The molecule has 3 aromatic rings. The number of hydrogen-bond acceptors (Lipinski definition) is 2. The molecular weight excluding hydrogens is 198 g/mol. The van der Waals surface area contributed by atoms with Gasteiger partial charge in [-0.25, -0.2) is 9.50 Å². The van der Waals surface area contributed by atoms with Crippen molar-refractivity contribution in [1.82, 2.24) is 14.6 Å². The summed E-state index contributed by atoms with van der Waals surface area (Å²) in [7, 11) is 0. The highest BCUT2D eigenvalue weighted by molar-refractivity contribution is 5.57. The number of aromatic nitrogens is 3. The van der Waals surface area contributed by atoms with Crippen LogP contribution in [0.5, 0.6) is 0 Å². The molecule has 0 bridgehead atoms. The Hall–Kier alpha value is -2.16. The molecule has 78 valence electrons. The van der Waals surface area contributed by atoms with Gasteiger partial charge in [0.1, 0.15) is 0 Å². The van der Waals surface area contributed by atoms with E-state index in [4.69, 9.17) is 0 Å². The topological polar surface area (TPSA) is 30.2 Å². The second-order valence-electron chi connectivity index (χ2n) is 3.74. The van der Waals surface area contributed by atoms with Crippen LogP contribution in [0.4, 0.5) is 0 Å². The molecule has 0 fully saturated rings. The highest BCUT2D eigenvalue weighted by atomic mass is 15.3. The molecule has 0 radical (unpaired) electrons. The van der Waals surface area contributed by atoms with Gasteiger partial charge in [-0.3, -0.25) is 0 Å². The Morgan fingerprint density at radius 2 is 1.75 bits per heavy atom. The third kappa shape index (κ3) is 1.37. The normalized spacial score (nSPS) is 10.8. The maximum Gasteiger partial charge on any atom is 0.182 e. The summed E-state index contributed by atoms with van der Waals surface area (Å²) in [5, 5.41) is 4.49. The number of aryl methyl sites for hydroxylation is 1. The van der Waals surface area contributed by atoms with Crippen LogP contribution in [0.15, 0.2) is 48.5 Å². The summed E-state index contributed by atoms with van der Waals surface area (Å²) in [6, 6.07) is 16.0. The number of pyridine rings is 1.